The molecule has 108 valence electrons. The van der Waals surface area contributed by atoms with Crippen LogP contribution in [0, 0.1) is 0 Å². The van der Waals surface area contributed by atoms with E-state index in [9.17, 15) is 0 Å². The summed E-state index contributed by atoms with van der Waals surface area (Å²) >= 11 is 0. The zero-order valence-electron chi connectivity index (χ0n) is 12.0. The predicted octanol–water partition coefficient (Wildman–Crippen LogP) is 7.33. The molecule has 0 aliphatic heterocycles. The Kier molecular flexibility index (Phi) is 31.3. The molecule has 0 heterocycles. The average molecular weight is 468 g/mol. The molecule has 0 aromatic heterocycles. The van der Waals surface area contributed by atoms with Crippen molar-refractivity contribution in [1.82, 2.24) is 0 Å². The van der Waals surface area contributed by atoms with Gasteiger partial charge in [0.25, 0.3) is 0 Å². The fourth-order valence-electron chi connectivity index (χ4n) is 2.09. The van der Waals surface area contributed by atoms with Gasteiger partial charge in [-0.1, -0.05) is 97.3 Å². The molecule has 0 fully saturated rings. The Morgan fingerprint density at radius 2 is 0.529 bits per heavy atom. The maximum atomic E-state index is 2.29. The molecule has 0 atom stereocenters. The number of hydrogen-bond acceptors (Lipinski definition) is 0. The second-order valence-electron chi connectivity index (χ2n) is 4.89. The Morgan fingerprint density at radius 3 is 0.706 bits per heavy atom. The highest BCUT2D eigenvalue weighted by Gasteiger charge is 1.92. The molecule has 0 N–H and O–H groups in total. The van der Waals surface area contributed by atoms with Crippen LogP contribution in [0.25, 0.3) is 0 Å². The molecular weight excluding hydrogens is 434 g/mol. The van der Waals surface area contributed by atoms with Gasteiger partial charge < -0.3 is 0 Å². The SMILES string of the molecule is CCCCCCCCCCCCCCC.I.I. The van der Waals surface area contributed by atoms with Crippen LogP contribution in [0.1, 0.15) is 97.3 Å². The molecule has 0 unspecified atom stereocenters. The summed E-state index contributed by atoms with van der Waals surface area (Å²) in [4.78, 5) is 0. The third-order valence-electron chi connectivity index (χ3n) is 3.21. The number of rotatable bonds is 12. The van der Waals surface area contributed by atoms with Gasteiger partial charge in [0.1, 0.15) is 0 Å². The minimum atomic E-state index is 0. The Bertz CT molecular complexity index is 93.1. The molecule has 0 amide bonds. The van der Waals surface area contributed by atoms with Gasteiger partial charge in [-0.25, -0.2) is 0 Å². The van der Waals surface area contributed by atoms with E-state index in [0.29, 0.717) is 0 Å². The van der Waals surface area contributed by atoms with E-state index in [2.05, 4.69) is 13.8 Å². The Balaban J connectivity index is -0.000000980. The van der Waals surface area contributed by atoms with Crippen molar-refractivity contribution >= 4 is 48.0 Å². The topological polar surface area (TPSA) is 0 Å². The number of hydrogen-bond donors (Lipinski definition) is 0. The first-order valence-electron chi connectivity index (χ1n) is 7.41. The van der Waals surface area contributed by atoms with Crippen molar-refractivity contribution in [2.45, 2.75) is 97.3 Å². The highest BCUT2D eigenvalue weighted by Crippen LogP contribution is 2.12. The fraction of sp³-hybridized carbons (Fsp3) is 1.00. The van der Waals surface area contributed by atoms with Gasteiger partial charge in [0, 0.05) is 0 Å². The molecule has 0 nitrogen and oxygen atoms in total. The Hall–Kier alpha value is 1.46. The maximum absolute atomic E-state index is 2.29. The number of halogens is 2. The van der Waals surface area contributed by atoms with Crippen LogP contribution in [0.5, 0.6) is 0 Å². The first-order chi connectivity index (χ1) is 7.41. The molecule has 17 heavy (non-hydrogen) atoms. The standard InChI is InChI=1S/C15H32.2HI/c1-3-5-7-9-11-13-15-14-12-10-8-6-4-2;;/h3-15H2,1-2H3;2*1H. The monoisotopic (exact) mass is 468 g/mol. The molecule has 0 bridgehead atoms. The minimum Gasteiger partial charge on any atom is -0.107 e. The zero-order chi connectivity index (χ0) is 11.2. The van der Waals surface area contributed by atoms with Gasteiger partial charge in [-0.2, -0.15) is 0 Å². The van der Waals surface area contributed by atoms with Gasteiger partial charge in [0.05, 0.1) is 0 Å². The molecule has 0 aliphatic carbocycles. The molecule has 0 saturated carbocycles. The second kappa shape index (κ2) is 22.6. The van der Waals surface area contributed by atoms with Crippen molar-refractivity contribution in [2.75, 3.05) is 0 Å². The lowest BCUT2D eigenvalue weighted by atomic mass is 10.1. The molecule has 0 saturated heterocycles. The van der Waals surface area contributed by atoms with E-state index in [4.69, 9.17) is 0 Å². The normalized spacial score (nSPS) is 9.53. The van der Waals surface area contributed by atoms with E-state index in [0.717, 1.165) is 0 Å². The smallest absolute Gasteiger partial charge is 0.0533 e. The van der Waals surface area contributed by atoms with E-state index in [-0.39, 0.29) is 48.0 Å². The lowest BCUT2D eigenvalue weighted by Gasteiger charge is -2.01. The first-order valence-corrected chi connectivity index (χ1v) is 7.41. The highest BCUT2D eigenvalue weighted by atomic mass is 127. The van der Waals surface area contributed by atoms with Crippen molar-refractivity contribution in [3.63, 3.8) is 0 Å². The predicted molar refractivity (Wildman–Crippen MR) is 102 cm³/mol. The molecule has 0 aromatic carbocycles. The average Bonchev–Trinajstić information content (AvgIpc) is 2.26. The van der Waals surface area contributed by atoms with Crippen molar-refractivity contribution in [3.05, 3.63) is 0 Å². The number of unbranched alkanes of at least 4 members (excludes halogenated alkanes) is 12. The van der Waals surface area contributed by atoms with Gasteiger partial charge in [-0.3, -0.25) is 0 Å². The highest BCUT2D eigenvalue weighted by molar-refractivity contribution is 14.0. The Morgan fingerprint density at radius 1 is 0.353 bits per heavy atom. The molecule has 0 rings (SSSR count). The molecule has 0 radical (unpaired) electrons. The summed E-state index contributed by atoms with van der Waals surface area (Å²) in [6.45, 7) is 4.58. The van der Waals surface area contributed by atoms with E-state index < -0.39 is 0 Å². The summed E-state index contributed by atoms with van der Waals surface area (Å²) in [5.74, 6) is 0. The van der Waals surface area contributed by atoms with Crippen LogP contribution in [0.3, 0.4) is 0 Å². The van der Waals surface area contributed by atoms with Crippen LogP contribution >= 0.6 is 48.0 Å². The third-order valence-corrected chi connectivity index (χ3v) is 3.21. The van der Waals surface area contributed by atoms with Crippen LogP contribution in [0.2, 0.25) is 0 Å². The summed E-state index contributed by atoms with van der Waals surface area (Å²) in [7, 11) is 0. The largest absolute Gasteiger partial charge is 0.107 e. The van der Waals surface area contributed by atoms with Crippen LogP contribution in [0.4, 0.5) is 0 Å². The van der Waals surface area contributed by atoms with E-state index in [1.165, 1.54) is 83.5 Å². The summed E-state index contributed by atoms with van der Waals surface area (Å²) in [6.07, 6.45) is 18.9. The van der Waals surface area contributed by atoms with Crippen LogP contribution in [-0.4, -0.2) is 0 Å². The third kappa shape index (κ3) is 23.0. The Labute approximate surface area is 144 Å². The van der Waals surface area contributed by atoms with Crippen molar-refractivity contribution < 1.29 is 0 Å². The first kappa shape index (κ1) is 23.5. The van der Waals surface area contributed by atoms with E-state index >= 15 is 0 Å². The van der Waals surface area contributed by atoms with E-state index in [1.807, 2.05) is 0 Å². The van der Waals surface area contributed by atoms with Gasteiger partial charge in [-0.15, -0.1) is 48.0 Å². The van der Waals surface area contributed by atoms with Crippen molar-refractivity contribution in [1.29, 1.82) is 0 Å². The van der Waals surface area contributed by atoms with Gasteiger partial charge in [0.15, 0.2) is 0 Å². The van der Waals surface area contributed by atoms with Gasteiger partial charge in [0.2, 0.25) is 0 Å². The second-order valence-corrected chi connectivity index (χ2v) is 4.89. The molecular formula is C15H34I2. The van der Waals surface area contributed by atoms with Crippen LogP contribution in [-0.2, 0) is 0 Å². The molecule has 0 aliphatic rings. The summed E-state index contributed by atoms with van der Waals surface area (Å²) in [5, 5.41) is 0. The summed E-state index contributed by atoms with van der Waals surface area (Å²) in [5.41, 5.74) is 0. The summed E-state index contributed by atoms with van der Waals surface area (Å²) < 4.78 is 0. The van der Waals surface area contributed by atoms with Gasteiger partial charge >= 0.3 is 0 Å². The fourth-order valence-corrected chi connectivity index (χ4v) is 2.09. The molecule has 2 heteroatoms. The zero-order valence-corrected chi connectivity index (χ0v) is 16.7. The van der Waals surface area contributed by atoms with Crippen LogP contribution in [0.15, 0.2) is 0 Å². The maximum Gasteiger partial charge on any atom is -0.0533 e. The quantitative estimate of drug-likeness (QED) is 0.208. The summed E-state index contributed by atoms with van der Waals surface area (Å²) in [6, 6.07) is 0. The molecule has 0 aromatic rings. The van der Waals surface area contributed by atoms with Gasteiger partial charge in [-0.05, 0) is 0 Å². The van der Waals surface area contributed by atoms with Crippen molar-refractivity contribution in [2.24, 2.45) is 0 Å². The minimum absolute atomic E-state index is 0. The molecule has 0 spiro atoms. The lowest BCUT2D eigenvalue weighted by Crippen LogP contribution is -1.82. The van der Waals surface area contributed by atoms with E-state index in [1.54, 1.807) is 0 Å². The lowest BCUT2D eigenvalue weighted by molar-refractivity contribution is 0.542. The van der Waals surface area contributed by atoms with Crippen LogP contribution < -0.4 is 0 Å². The van der Waals surface area contributed by atoms with Crippen molar-refractivity contribution in [3.8, 4) is 0 Å².